The first-order valence-electron chi connectivity index (χ1n) is 7.02. The molecule has 0 aliphatic carbocycles. The standard InChI is InChI=1S/C15H25N3O2S/c1-11(2)12(3)18(4)8-9-21(19,20)14-7-5-6-13(10-14)15(16)17/h5-7,10-12H,8-9H2,1-4H3,(H3,16,17). The molecule has 0 heterocycles. The third-order valence-electron chi connectivity index (χ3n) is 3.88. The van der Waals surface area contributed by atoms with Crippen LogP contribution in [0.3, 0.4) is 0 Å². The Kier molecular flexibility index (Phi) is 5.92. The van der Waals surface area contributed by atoms with Crippen LogP contribution in [0.25, 0.3) is 0 Å². The lowest BCUT2D eigenvalue weighted by atomic mass is 10.1. The van der Waals surface area contributed by atoms with E-state index >= 15 is 0 Å². The summed E-state index contributed by atoms with van der Waals surface area (Å²) in [5.41, 5.74) is 5.83. The Bertz CT molecular complexity index is 597. The van der Waals surface area contributed by atoms with Crippen LogP contribution < -0.4 is 5.73 Å². The van der Waals surface area contributed by atoms with Gasteiger partial charge in [0, 0.05) is 18.2 Å². The first-order valence-corrected chi connectivity index (χ1v) is 8.68. The Morgan fingerprint density at radius 3 is 2.48 bits per heavy atom. The molecule has 0 fully saturated rings. The van der Waals surface area contributed by atoms with Crippen LogP contribution >= 0.6 is 0 Å². The van der Waals surface area contributed by atoms with Crippen LogP contribution in [0.2, 0.25) is 0 Å². The van der Waals surface area contributed by atoms with Gasteiger partial charge in [-0.15, -0.1) is 0 Å². The van der Waals surface area contributed by atoms with Crippen molar-refractivity contribution in [1.29, 1.82) is 5.41 Å². The van der Waals surface area contributed by atoms with E-state index in [-0.39, 0.29) is 16.5 Å². The van der Waals surface area contributed by atoms with Gasteiger partial charge in [-0.1, -0.05) is 26.0 Å². The minimum atomic E-state index is -3.36. The topological polar surface area (TPSA) is 87.2 Å². The van der Waals surface area contributed by atoms with Crippen molar-refractivity contribution in [3.05, 3.63) is 29.8 Å². The Hall–Kier alpha value is -1.40. The molecule has 0 aliphatic heterocycles. The van der Waals surface area contributed by atoms with Crippen molar-refractivity contribution in [3.8, 4) is 0 Å². The highest BCUT2D eigenvalue weighted by molar-refractivity contribution is 7.91. The van der Waals surface area contributed by atoms with E-state index in [9.17, 15) is 8.42 Å². The second-order valence-electron chi connectivity index (χ2n) is 5.73. The molecule has 0 aromatic heterocycles. The first-order chi connectivity index (χ1) is 9.65. The van der Waals surface area contributed by atoms with E-state index in [1.54, 1.807) is 18.2 Å². The minimum absolute atomic E-state index is 0.0575. The number of rotatable bonds is 7. The van der Waals surface area contributed by atoms with Crippen LogP contribution in [0.1, 0.15) is 26.3 Å². The number of benzene rings is 1. The third-order valence-corrected chi connectivity index (χ3v) is 5.57. The average molecular weight is 311 g/mol. The maximum atomic E-state index is 12.4. The zero-order valence-corrected chi connectivity index (χ0v) is 13.9. The SMILES string of the molecule is CC(C)C(C)N(C)CCS(=O)(=O)c1cccc(C(=N)N)c1. The van der Waals surface area contributed by atoms with Gasteiger partial charge in [0.1, 0.15) is 5.84 Å². The first kappa shape index (κ1) is 17.7. The fourth-order valence-corrected chi connectivity index (χ4v) is 3.31. The molecule has 0 saturated carbocycles. The predicted molar refractivity (Wildman–Crippen MR) is 86.4 cm³/mol. The molecule has 21 heavy (non-hydrogen) atoms. The molecule has 1 unspecified atom stereocenters. The van der Waals surface area contributed by atoms with Gasteiger partial charge in [-0.3, -0.25) is 5.41 Å². The molecule has 0 saturated heterocycles. The summed E-state index contributed by atoms with van der Waals surface area (Å²) in [5.74, 6) is 0.401. The molecule has 0 aliphatic rings. The minimum Gasteiger partial charge on any atom is -0.384 e. The van der Waals surface area contributed by atoms with E-state index in [4.69, 9.17) is 11.1 Å². The van der Waals surface area contributed by atoms with E-state index in [2.05, 4.69) is 25.7 Å². The van der Waals surface area contributed by atoms with Gasteiger partial charge < -0.3 is 10.6 Å². The molecule has 0 radical (unpaired) electrons. The molecular weight excluding hydrogens is 286 g/mol. The predicted octanol–water partition coefficient (Wildman–Crippen LogP) is 1.72. The van der Waals surface area contributed by atoms with Crippen molar-refractivity contribution in [3.63, 3.8) is 0 Å². The second kappa shape index (κ2) is 7.04. The smallest absolute Gasteiger partial charge is 0.179 e. The van der Waals surface area contributed by atoms with Gasteiger partial charge in [0.15, 0.2) is 9.84 Å². The summed E-state index contributed by atoms with van der Waals surface area (Å²) >= 11 is 0. The van der Waals surface area contributed by atoms with Crippen LogP contribution in [0.4, 0.5) is 0 Å². The fraction of sp³-hybridized carbons (Fsp3) is 0.533. The zero-order valence-electron chi connectivity index (χ0n) is 13.1. The van der Waals surface area contributed by atoms with E-state index in [1.807, 2.05) is 7.05 Å². The lowest BCUT2D eigenvalue weighted by Gasteiger charge is -2.27. The lowest BCUT2D eigenvalue weighted by Crippen LogP contribution is -2.36. The summed E-state index contributed by atoms with van der Waals surface area (Å²) in [6.45, 7) is 6.80. The number of sulfone groups is 1. The summed E-state index contributed by atoms with van der Waals surface area (Å²) in [4.78, 5) is 2.28. The van der Waals surface area contributed by atoms with E-state index < -0.39 is 9.84 Å². The molecule has 3 N–H and O–H groups in total. The molecular formula is C15H25N3O2S. The number of nitrogens with one attached hydrogen (secondary N) is 1. The van der Waals surface area contributed by atoms with Crippen LogP contribution in [0.5, 0.6) is 0 Å². The van der Waals surface area contributed by atoms with Crippen molar-refractivity contribution in [1.82, 2.24) is 4.90 Å². The number of nitrogens with zero attached hydrogens (tertiary/aromatic N) is 1. The highest BCUT2D eigenvalue weighted by Crippen LogP contribution is 2.14. The summed E-state index contributed by atoms with van der Waals surface area (Å²) in [7, 11) is -1.43. The van der Waals surface area contributed by atoms with Gasteiger partial charge in [0.2, 0.25) is 0 Å². The van der Waals surface area contributed by atoms with Crippen LogP contribution in [-0.4, -0.2) is 44.5 Å². The quantitative estimate of drug-likeness (QED) is 0.593. The Balaban J connectivity index is 2.83. The lowest BCUT2D eigenvalue weighted by molar-refractivity contribution is 0.219. The van der Waals surface area contributed by atoms with Gasteiger partial charge in [-0.25, -0.2) is 8.42 Å². The summed E-state index contributed by atoms with van der Waals surface area (Å²) in [6.07, 6.45) is 0. The number of nitrogen functional groups attached to an aromatic ring is 1. The molecule has 1 atom stereocenters. The molecule has 1 aromatic carbocycles. The van der Waals surface area contributed by atoms with Gasteiger partial charge >= 0.3 is 0 Å². The van der Waals surface area contributed by atoms with Gasteiger partial charge in [0.05, 0.1) is 10.6 Å². The number of hydrogen-bond donors (Lipinski definition) is 2. The number of nitrogens with two attached hydrogens (primary N) is 1. The maximum absolute atomic E-state index is 12.4. The Morgan fingerprint density at radius 2 is 1.95 bits per heavy atom. The van der Waals surface area contributed by atoms with E-state index in [0.717, 1.165) is 0 Å². The maximum Gasteiger partial charge on any atom is 0.179 e. The molecule has 6 heteroatoms. The number of hydrogen-bond acceptors (Lipinski definition) is 4. The summed E-state index contributed by atoms with van der Waals surface area (Å²) < 4.78 is 24.7. The largest absolute Gasteiger partial charge is 0.384 e. The normalized spacial score (nSPS) is 13.6. The summed E-state index contributed by atoms with van der Waals surface area (Å²) in [5, 5.41) is 7.38. The molecule has 0 spiro atoms. The van der Waals surface area contributed by atoms with Crippen molar-refractivity contribution in [2.24, 2.45) is 11.7 Å². The van der Waals surface area contributed by atoms with E-state index in [1.165, 1.54) is 6.07 Å². The Morgan fingerprint density at radius 1 is 1.33 bits per heavy atom. The van der Waals surface area contributed by atoms with Crippen molar-refractivity contribution in [2.45, 2.75) is 31.7 Å². The molecule has 5 nitrogen and oxygen atoms in total. The van der Waals surface area contributed by atoms with E-state index in [0.29, 0.717) is 24.1 Å². The highest BCUT2D eigenvalue weighted by Gasteiger charge is 2.19. The Labute approximate surface area is 127 Å². The van der Waals surface area contributed by atoms with Crippen LogP contribution in [0.15, 0.2) is 29.2 Å². The van der Waals surface area contributed by atoms with Crippen molar-refractivity contribution in [2.75, 3.05) is 19.3 Å². The molecule has 1 rings (SSSR count). The third kappa shape index (κ3) is 4.82. The van der Waals surface area contributed by atoms with Gasteiger partial charge in [0.25, 0.3) is 0 Å². The number of amidine groups is 1. The van der Waals surface area contributed by atoms with Gasteiger partial charge in [-0.05, 0) is 32.0 Å². The second-order valence-corrected chi connectivity index (χ2v) is 7.83. The average Bonchev–Trinajstić information content (AvgIpc) is 2.44. The van der Waals surface area contributed by atoms with Crippen LogP contribution in [0, 0.1) is 11.3 Å². The molecule has 118 valence electrons. The van der Waals surface area contributed by atoms with Crippen LogP contribution in [-0.2, 0) is 9.84 Å². The van der Waals surface area contributed by atoms with Crippen molar-refractivity contribution >= 4 is 15.7 Å². The summed E-state index contributed by atoms with van der Waals surface area (Å²) in [6, 6.07) is 6.58. The monoisotopic (exact) mass is 311 g/mol. The van der Waals surface area contributed by atoms with Crippen molar-refractivity contribution < 1.29 is 8.42 Å². The molecule has 1 aromatic rings. The zero-order chi connectivity index (χ0) is 16.2. The molecule has 0 bridgehead atoms. The fourth-order valence-electron chi connectivity index (χ4n) is 1.95. The van der Waals surface area contributed by atoms with Gasteiger partial charge in [-0.2, -0.15) is 0 Å². The molecule has 0 amide bonds. The highest BCUT2D eigenvalue weighted by atomic mass is 32.2.